The largest absolute Gasteiger partial charge is 0.448 e. The minimum absolute atomic E-state index is 0.0158. The van der Waals surface area contributed by atoms with Gasteiger partial charge in [0, 0.05) is 16.1 Å². The van der Waals surface area contributed by atoms with Crippen molar-refractivity contribution in [3.05, 3.63) is 51.8 Å². The Kier molecular flexibility index (Phi) is 4.34. The predicted octanol–water partition coefficient (Wildman–Crippen LogP) is 3.17. The third kappa shape index (κ3) is 3.33. The van der Waals surface area contributed by atoms with Crippen molar-refractivity contribution in [3.8, 4) is 0 Å². The maximum atomic E-state index is 12.1. The fourth-order valence-corrected chi connectivity index (χ4v) is 1.85. The van der Waals surface area contributed by atoms with Crippen LogP contribution in [0.2, 0.25) is 0 Å². The van der Waals surface area contributed by atoms with Crippen molar-refractivity contribution in [3.63, 3.8) is 0 Å². The van der Waals surface area contributed by atoms with Crippen LogP contribution in [0.4, 0.5) is 0 Å². The maximum absolute atomic E-state index is 12.1. The van der Waals surface area contributed by atoms with Crippen molar-refractivity contribution >= 4 is 27.7 Å². The van der Waals surface area contributed by atoms with Gasteiger partial charge < -0.3 is 9.26 Å². The van der Waals surface area contributed by atoms with Crippen LogP contribution in [0.25, 0.3) is 0 Å². The van der Waals surface area contributed by atoms with E-state index in [4.69, 9.17) is 9.26 Å². The van der Waals surface area contributed by atoms with E-state index < -0.39 is 12.1 Å². The number of hydrogen-bond donors (Lipinski definition) is 0. The number of hydrogen-bond acceptors (Lipinski definition) is 5. The van der Waals surface area contributed by atoms with Crippen molar-refractivity contribution in [2.75, 3.05) is 0 Å². The molecule has 20 heavy (non-hydrogen) atoms. The monoisotopic (exact) mass is 337 g/mol. The van der Waals surface area contributed by atoms with Gasteiger partial charge in [0.15, 0.2) is 6.10 Å². The van der Waals surface area contributed by atoms with Gasteiger partial charge in [0.25, 0.3) is 0 Å². The first-order valence-electron chi connectivity index (χ1n) is 5.91. The highest BCUT2D eigenvalue weighted by Crippen LogP contribution is 2.14. The molecule has 0 spiro atoms. The number of carbonyl (C=O) groups excluding carboxylic acids is 2. The Labute approximate surface area is 124 Å². The second-order valence-corrected chi connectivity index (χ2v) is 5.17. The number of ether oxygens (including phenoxy) is 1. The Hall–Kier alpha value is -1.95. The summed E-state index contributed by atoms with van der Waals surface area (Å²) in [6.07, 6.45) is -0.894. The van der Waals surface area contributed by atoms with E-state index >= 15 is 0 Å². The molecule has 0 saturated heterocycles. The zero-order valence-corrected chi connectivity index (χ0v) is 12.5. The first-order valence-corrected chi connectivity index (χ1v) is 6.71. The van der Waals surface area contributed by atoms with Gasteiger partial charge in [-0.15, -0.1) is 0 Å². The Morgan fingerprint density at radius 3 is 2.50 bits per heavy atom. The lowest BCUT2D eigenvalue weighted by molar-refractivity contribution is 0.0281. The molecule has 1 aromatic carbocycles. The Morgan fingerprint density at radius 2 is 1.95 bits per heavy atom. The molecule has 0 N–H and O–H groups in total. The molecule has 2 aromatic rings. The van der Waals surface area contributed by atoms with E-state index in [-0.39, 0.29) is 11.5 Å². The van der Waals surface area contributed by atoms with Crippen LogP contribution in [0.5, 0.6) is 0 Å². The lowest BCUT2D eigenvalue weighted by Gasteiger charge is -2.11. The zero-order valence-electron chi connectivity index (χ0n) is 10.9. The average molecular weight is 338 g/mol. The Morgan fingerprint density at radius 1 is 1.30 bits per heavy atom. The smallest absolute Gasteiger partial charge is 0.377 e. The van der Waals surface area contributed by atoms with Crippen molar-refractivity contribution < 1.29 is 18.8 Å². The van der Waals surface area contributed by atoms with E-state index in [1.165, 1.54) is 13.0 Å². The lowest BCUT2D eigenvalue weighted by Crippen LogP contribution is -2.24. The number of aryl methyl sites for hydroxylation is 1. The van der Waals surface area contributed by atoms with Gasteiger partial charge in [-0.05, 0) is 26.0 Å². The SMILES string of the molecule is Cc1cc(C(=O)O[C@H](C)C(=O)c2ccc(Br)cc2)on1. The Bertz CT molecular complexity index is 633. The molecule has 0 bridgehead atoms. The molecule has 0 aliphatic carbocycles. The highest BCUT2D eigenvalue weighted by molar-refractivity contribution is 9.10. The number of aromatic nitrogens is 1. The summed E-state index contributed by atoms with van der Waals surface area (Å²) in [4.78, 5) is 23.8. The lowest BCUT2D eigenvalue weighted by atomic mass is 10.1. The maximum Gasteiger partial charge on any atom is 0.377 e. The van der Waals surface area contributed by atoms with Crippen LogP contribution in [0.3, 0.4) is 0 Å². The number of nitrogens with zero attached hydrogens (tertiary/aromatic N) is 1. The van der Waals surface area contributed by atoms with Gasteiger partial charge in [-0.3, -0.25) is 4.79 Å². The summed E-state index contributed by atoms with van der Waals surface area (Å²) in [6.45, 7) is 3.21. The third-order valence-corrected chi connectivity index (χ3v) is 3.14. The first-order chi connectivity index (χ1) is 9.47. The minimum atomic E-state index is -0.894. The zero-order chi connectivity index (χ0) is 14.7. The van der Waals surface area contributed by atoms with Crippen LogP contribution in [-0.4, -0.2) is 23.0 Å². The number of rotatable bonds is 4. The van der Waals surface area contributed by atoms with Crippen LogP contribution in [-0.2, 0) is 4.74 Å². The molecule has 0 aliphatic rings. The minimum Gasteiger partial charge on any atom is -0.448 e. The topological polar surface area (TPSA) is 69.4 Å². The van der Waals surface area contributed by atoms with Crippen LogP contribution in [0, 0.1) is 6.92 Å². The van der Waals surface area contributed by atoms with E-state index in [1.54, 1.807) is 31.2 Å². The van der Waals surface area contributed by atoms with E-state index in [2.05, 4.69) is 21.1 Å². The standard InChI is InChI=1S/C14H12BrNO4/c1-8-7-12(20-16-8)14(18)19-9(2)13(17)10-3-5-11(15)6-4-10/h3-7,9H,1-2H3/t9-/m1/s1. The summed E-state index contributed by atoms with van der Waals surface area (Å²) in [7, 11) is 0. The van der Waals surface area contributed by atoms with Gasteiger partial charge in [0.1, 0.15) is 0 Å². The van der Waals surface area contributed by atoms with Crippen LogP contribution in [0.15, 0.2) is 39.3 Å². The molecule has 0 fully saturated rings. The van der Waals surface area contributed by atoms with Crippen molar-refractivity contribution in [1.29, 1.82) is 0 Å². The van der Waals surface area contributed by atoms with Crippen molar-refractivity contribution in [2.24, 2.45) is 0 Å². The van der Waals surface area contributed by atoms with Crippen LogP contribution in [0.1, 0.15) is 33.5 Å². The molecular formula is C14H12BrNO4. The van der Waals surface area contributed by atoms with Crippen molar-refractivity contribution in [1.82, 2.24) is 5.16 Å². The van der Waals surface area contributed by atoms with Gasteiger partial charge in [0.2, 0.25) is 11.5 Å². The average Bonchev–Trinajstić information content (AvgIpc) is 2.85. The molecule has 2 rings (SSSR count). The second-order valence-electron chi connectivity index (χ2n) is 4.25. The van der Waals surface area contributed by atoms with Crippen LogP contribution < -0.4 is 0 Å². The van der Waals surface area contributed by atoms with Gasteiger partial charge in [0.05, 0.1) is 5.69 Å². The summed E-state index contributed by atoms with van der Waals surface area (Å²) in [5.41, 5.74) is 1.05. The van der Waals surface area contributed by atoms with E-state index in [9.17, 15) is 9.59 Å². The molecule has 0 aliphatic heterocycles. The molecule has 0 saturated carbocycles. The molecule has 1 aromatic heterocycles. The van der Waals surface area contributed by atoms with E-state index in [1.807, 2.05) is 0 Å². The second kappa shape index (κ2) is 6.00. The molecule has 0 radical (unpaired) electrons. The highest BCUT2D eigenvalue weighted by Gasteiger charge is 2.22. The number of esters is 1. The molecule has 0 unspecified atom stereocenters. The van der Waals surface area contributed by atoms with Crippen LogP contribution >= 0.6 is 15.9 Å². The molecule has 6 heteroatoms. The van der Waals surface area contributed by atoms with Crippen molar-refractivity contribution in [2.45, 2.75) is 20.0 Å². The Balaban J connectivity index is 2.04. The van der Waals surface area contributed by atoms with Gasteiger partial charge >= 0.3 is 5.97 Å². The summed E-state index contributed by atoms with van der Waals surface area (Å²) >= 11 is 3.29. The number of carbonyl (C=O) groups is 2. The molecule has 104 valence electrons. The van der Waals surface area contributed by atoms with Gasteiger partial charge in [-0.25, -0.2) is 4.79 Å². The third-order valence-electron chi connectivity index (χ3n) is 2.61. The summed E-state index contributed by atoms with van der Waals surface area (Å²) < 4.78 is 10.7. The molecule has 5 nitrogen and oxygen atoms in total. The highest BCUT2D eigenvalue weighted by atomic mass is 79.9. The first kappa shape index (κ1) is 14.5. The predicted molar refractivity (Wildman–Crippen MR) is 74.6 cm³/mol. The number of benzene rings is 1. The fourth-order valence-electron chi connectivity index (χ4n) is 1.58. The molecule has 1 heterocycles. The summed E-state index contributed by atoms with van der Waals surface area (Å²) in [5, 5.41) is 3.59. The summed E-state index contributed by atoms with van der Waals surface area (Å²) in [6, 6.07) is 8.28. The molecule has 1 atom stereocenters. The molecular weight excluding hydrogens is 326 g/mol. The number of Topliss-reactive ketones (excluding diaryl/α,β-unsaturated/α-hetero) is 1. The van der Waals surface area contributed by atoms with E-state index in [0.29, 0.717) is 11.3 Å². The van der Waals surface area contributed by atoms with E-state index in [0.717, 1.165) is 4.47 Å². The van der Waals surface area contributed by atoms with Gasteiger partial charge in [-0.1, -0.05) is 33.2 Å². The number of halogens is 1. The number of ketones is 1. The van der Waals surface area contributed by atoms with Gasteiger partial charge in [-0.2, -0.15) is 0 Å². The quantitative estimate of drug-likeness (QED) is 0.633. The summed E-state index contributed by atoms with van der Waals surface area (Å²) in [5.74, 6) is -0.997. The normalized spacial score (nSPS) is 11.9. The fraction of sp³-hybridized carbons (Fsp3) is 0.214. The molecule has 0 amide bonds.